The third kappa shape index (κ3) is 3.05. The Kier molecular flexibility index (Phi) is 3.83. The van der Waals surface area contributed by atoms with Crippen molar-refractivity contribution in [2.24, 2.45) is 10.2 Å². The summed E-state index contributed by atoms with van der Waals surface area (Å²) in [4.78, 5) is 0.227. The molecule has 0 aliphatic carbocycles. The highest BCUT2D eigenvalue weighted by Gasteiger charge is 2.06. The Morgan fingerprint density at radius 3 is 2.52 bits per heavy atom. The van der Waals surface area contributed by atoms with Gasteiger partial charge in [0.1, 0.15) is 11.4 Å². The molecule has 25 heavy (non-hydrogen) atoms. The Bertz CT molecular complexity index is 1130. The topological polar surface area (TPSA) is 86.8 Å². The van der Waals surface area contributed by atoms with Gasteiger partial charge in [-0.2, -0.15) is 5.11 Å². The molecule has 1 heterocycles. The normalized spacial score (nSPS) is 11.4. The summed E-state index contributed by atoms with van der Waals surface area (Å²) in [5, 5.41) is 26.9. The van der Waals surface area contributed by atoms with E-state index in [0.29, 0.717) is 17.3 Å². The highest BCUT2D eigenvalue weighted by molar-refractivity contribution is 7.71. The smallest absolute Gasteiger partial charge is 0.284 e. The van der Waals surface area contributed by atoms with Gasteiger partial charge in [-0.1, -0.05) is 30.3 Å². The highest BCUT2D eigenvalue weighted by atomic mass is 32.1. The molecular weight excluding hydrogens is 336 g/mol. The van der Waals surface area contributed by atoms with Gasteiger partial charge in [0.05, 0.1) is 5.69 Å². The van der Waals surface area contributed by atoms with Crippen molar-refractivity contribution in [3.05, 3.63) is 65.5 Å². The van der Waals surface area contributed by atoms with E-state index in [9.17, 15) is 5.11 Å². The Hall–Kier alpha value is -3.32. The number of aromatic hydroxyl groups is 1. The zero-order chi connectivity index (χ0) is 17.2. The van der Waals surface area contributed by atoms with Gasteiger partial charge in [0.2, 0.25) is 5.89 Å². The number of hydrogen-bond donors (Lipinski definition) is 2. The van der Waals surface area contributed by atoms with Crippen molar-refractivity contribution in [2.45, 2.75) is 0 Å². The monoisotopic (exact) mass is 348 g/mol. The average Bonchev–Trinajstić information content (AvgIpc) is 3.08. The van der Waals surface area contributed by atoms with Crippen LogP contribution >= 0.6 is 12.2 Å². The third-order valence-corrected chi connectivity index (χ3v) is 3.87. The van der Waals surface area contributed by atoms with Crippen LogP contribution < -0.4 is 0 Å². The highest BCUT2D eigenvalue weighted by Crippen LogP contribution is 2.36. The fourth-order valence-corrected chi connectivity index (χ4v) is 2.61. The van der Waals surface area contributed by atoms with Crippen LogP contribution in [0.3, 0.4) is 0 Å². The maximum atomic E-state index is 10.1. The first-order valence-corrected chi connectivity index (χ1v) is 7.90. The molecule has 6 nitrogen and oxygen atoms in total. The van der Waals surface area contributed by atoms with E-state index in [4.69, 9.17) is 16.6 Å². The van der Waals surface area contributed by atoms with Crippen molar-refractivity contribution >= 4 is 34.4 Å². The molecule has 4 aromatic rings. The van der Waals surface area contributed by atoms with Crippen molar-refractivity contribution in [3.8, 4) is 17.2 Å². The van der Waals surface area contributed by atoms with Gasteiger partial charge in [0.25, 0.3) is 4.84 Å². The number of aromatic nitrogens is 2. The van der Waals surface area contributed by atoms with Crippen LogP contribution in [0.25, 0.3) is 22.2 Å². The summed E-state index contributed by atoms with van der Waals surface area (Å²) in [6.07, 6.45) is 0. The molecule has 3 aromatic carbocycles. The summed E-state index contributed by atoms with van der Waals surface area (Å²) in [5.74, 6) is 0.507. The number of aromatic amines is 1. The van der Waals surface area contributed by atoms with E-state index in [1.165, 1.54) is 0 Å². The molecule has 0 saturated carbocycles. The van der Waals surface area contributed by atoms with Crippen molar-refractivity contribution in [1.29, 1.82) is 0 Å². The minimum absolute atomic E-state index is 0.0902. The molecule has 2 N–H and O–H groups in total. The van der Waals surface area contributed by atoms with Crippen molar-refractivity contribution in [3.63, 3.8) is 0 Å². The van der Waals surface area contributed by atoms with Gasteiger partial charge in [0.15, 0.2) is 0 Å². The van der Waals surface area contributed by atoms with Crippen molar-refractivity contribution < 1.29 is 9.52 Å². The lowest BCUT2D eigenvalue weighted by Crippen LogP contribution is -1.77. The number of phenols is 1. The number of hydrogen-bond acceptors (Lipinski definition) is 6. The fraction of sp³-hybridized carbons (Fsp3) is 0. The Balaban J connectivity index is 1.66. The van der Waals surface area contributed by atoms with Gasteiger partial charge >= 0.3 is 0 Å². The van der Waals surface area contributed by atoms with Crippen LogP contribution in [0.15, 0.2) is 75.3 Å². The minimum atomic E-state index is 0.0902. The zero-order valence-corrected chi connectivity index (χ0v) is 13.7. The summed E-state index contributed by atoms with van der Waals surface area (Å²) in [7, 11) is 0. The molecule has 0 amide bonds. The molecular formula is C18H12N4O2S. The number of azo groups is 1. The number of benzene rings is 3. The number of H-pyrrole nitrogens is 1. The predicted molar refractivity (Wildman–Crippen MR) is 96.9 cm³/mol. The van der Waals surface area contributed by atoms with E-state index < -0.39 is 0 Å². The molecule has 122 valence electrons. The second-order valence-electron chi connectivity index (χ2n) is 5.32. The third-order valence-electron chi connectivity index (χ3n) is 3.70. The van der Waals surface area contributed by atoms with Crippen molar-refractivity contribution in [2.75, 3.05) is 0 Å². The van der Waals surface area contributed by atoms with E-state index in [1.807, 2.05) is 42.5 Å². The SMILES string of the molecule is Oc1ccc2ccccc2c1N=Nc1ccc(-c2n[nH]c(=S)o2)cc1. The van der Waals surface area contributed by atoms with Crippen LogP contribution in [-0.4, -0.2) is 15.3 Å². The van der Waals surface area contributed by atoms with Crippen LogP contribution in [-0.2, 0) is 0 Å². The van der Waals surface area contributed by atoms with Crippen LogP contribution in [0.2, 0.25) is 0 Å². The lowest BCUT2D eigenvalue weighted by molar-refractivity contribution is 0.477. The maximum absolute atomic E-state index is 10.1. The number of nitrogens with zero attached hydrogens (tertiary/aromatic N) is 3. The molecule has 0 fully saturated rings. The van der Waals surface area contributed by atoms with E-state index in [0.717, 1.165) is 16.3 Å². The molecule has 4 rings (SSSR count). The van der Waals surface area contributed by atoms with Gasteiger partial charge in [-0.25, -0.2) is 5.10 Å². The maximum Gasteiger partial charge on any atom is 0.284 e. The number of rotatable bonds is 3. The second kappa shape index (κ2) is 6.29. The molecule has 0 aliphatic rings. The van der Waals surface area contributed by atoms with Crippen LogP contribution in [0.4, 0.5) is 11.4 Å². The standard InChI is InChI=1S/C18H12N4O2S/c23-15-10-7-11-3-1-2-4-14(11)16(15)20-19-13-8-5-12(6-9-13)17-21-22-18(25)24-17/h1-10,23H,(H,22,25). The zero-order valence-electron chi connectivity index (χ0n) is 12.9. The second-order valence-corrected chi connectivity index (χ2v) is 5.69. The Morgan fingerprint density at radius 2 is 1.76 bits per heavy atom. The minimum Gasteiger partial charge on any atom is -0.506 e. The van der Waals surface area contributed by atoms with Gasteiger partial charge in [-0.15, -0.1) is 10.2 Å². The molecule has 0 aliphatic heterocycles. The largest absolute Gasteiger partial charge is 0.506 e. The van der Waals surface area contributed by atoms with Gasteiger partial charge in [0, 0.05) is 10.9 Å². The first kappa shape index (κ1) is 15.2. The molecule has 0 unspecified atom stereocenters. The number of nitrogens with one attached hydrogen (secondary N) is 1. The van der Waals surface area contributed by atoms with E-state index in [-0.39, 0.29) is 10.6 Å². The Morgan fingerprint density at radius 1 is 0.960 bits per heavy atom. The summed E-state index contributed by atoms with van der Waals surface area (Å²) >= 11 is 4.86. The van der Waals surface area contributed by atoms with E-state index in [2.05, 4.69) is 20.4 Å². The van der Waals surface area contributed by atoms with Crippen LogP contribution in [0.5, 0.6) is 5.75 Å². The average molecular weight is 348 g/mol. The Labute approximate surface area is 147 Å². The molecule has 0 saturated heterocycles. The molecule has 0 atom stereocenters. The molecule has 1 aromatic heterocycles. The van der Waals surface area contributed by atoms with Crippen LogP contribution in [0, 0.1) is 4.84 Å². The quantitative estimate of drug-likeness (QED) is 0.369. The van der Waals surface area contributed by atoms with Gasteiger partial charge in [-0.05, 0) is 47.9 Å². The molecule has 0 bridgehead atoms. The molecule has 7 heteroatoms. The summed E-state index contributed by atoms with van der Waals surface area (Å²) < 4.78 is 5.26. The summed E-state index contributed by atoms with van der Waals surface area (Å²) in [5.41, 5.74) is 1.87. The van der Waals surface area contributed by atoms with E-state index >= 15 is 0 Å². The lowest BCUT2D eigenvalue weighted by atomic mass is 10.1. The number of phenolic OH excluding ortho intramolecular Hbond substituents is 1. The summed E-state index contributed by atoms with van der Waals surface area (Å²) in [6, 6.07) is 18.4. The van der Waals surface area contributed by atoms with Gasteiger partial charge < -0.3 is 9.52 Å². The molecule has 0 spiro atoms. The lowest BCUT2D eigenvalue weighted by Gasteiger charge is -2.03. The first-order chi connectivity index (χ1) is 12.2. The van der Waals surface area contributed by atoms with E-state index in [1.54, 1.807) is 18.2 Å². The number of fused-ring (bicyclic) bond motifs is 1. The molecule has 0 radical (unpaired) electrons. The van der Waals surface area contributed by atoms with Gasteiger partial charge in [-0.3, -0.25) is 0 Å². The first-order valence-electron chi connectivity index (χ1n) is 7.49. The summed E-state index contributed by atoms with van der Waals surface area (Å²) in [6.45, 7) is 0. The predicted octanol–water partition coefficient (Wildman–Crippen LogP) is 5.67. The van der Waals surface area contributed by atoms with Crippen LogP contribution in [0.1, 0.15) is 0 Å². The fourth-order valence-electron chi connectivity index (χ4n) is 2.48. The van der Waals surface area contributed by atoms with Crippen molar-refractivity contribution in [1.82, 2.24) is 10.2 Å².